The summed E-state index contributed by atoms with van der Waals surface area (Å²) in [7, 11) is -3.32. The lowest BCUT2D eigenvalue weighted by molar-refractivity contribution is 0.340. The van der Waals surface area contributed by atoms with E-state index in [9.17, 15) is 8.42 Å². The van der Waals surface area contributed by atoms with Crippen molar-refractivity contribution in [2.75, 3.05) is 17.1 Å². The third-order valence-corrected chi connectivity index (χ3v) is 4.53. The van der Waals surface area contributed by atoms with E-state index in [1.165, 1.54) is 0 Å². The summed E-state index contributed by atoms with van der Waals surface area (Å²) in [5, 5.41) is 0. The molecule has 0 bridgehead atoms. The minimum Gasteiger partial charge on any atom is -0.494 e. The van der Waals surface area contributed by atoms with E-state index >= 15 is 0 Å². The Kier molecular flexibility index (Phi) is 5.83. The quantitative estimate of drug-likeness (QED) is 0.810. The van der Waals surface area contributed by atoms with Crippen LogP contribution in [0.5, 0.6) is 5.75 Å². The lowest BCUT2D eigenvalue weighted by Crippen LogP contribution is -2.17. The van der Waals surface area contributed by atoms with Gasteiger partial charge in [-0.15, -0.1) is 0 Å². The number of hydrogen-bond acceptors (Lipinski definition) is 3. The second kappa shape index (κ2) is 7.84. The molecule has 0 heterocycles. The number of nitrogens with one attached hydrogen (secondary N) is 1. The van der Waals surface area contributed by atoms with Crippen molar-refractivity contribution in [3.05, 3.63) is 60.2 Å². The molecule has 1 N–H and O–H groups in total. The number of benzene rings is 2. The maximum atomic E-state index is 12.1. The third kappa shape index (κ3) is 5.41. The van der Waals surface area contributed by atoms with E-state index in [1.807, 2.05) is 37.3 Å². The van der Waals surface area contributed by atoms with Crippen molar-refractivity contribution in [2.45, 2.75) is 19.8 Å². The summed E-state index contributed by atoms with van der Waals surface area (Å²) in [5.74, 6) is 0.837. The van der Waals surface area contributed by atoms with E-state index in [0.29, 0.717) is 18.7 Å². The molecule has 0 spiro atoms. The van der Waals surface area contributed by atoms with E-state index < -0.39 is 10.0 Å². The Morgan fingerprint density at radius 2 is 1.68 bits per heavy atom. The highest BCUT2D eigenvalue weighted by atomic mass is 32.2. The summed E-state index contributed by atoms with van der Waals surface area (Å²) in [4.78, 5) is 0. The first-order valence-corrected chi connectivity index (χ1v) is 9.01. The van der Waals surface area contributed by atoms with Gasteiger partial charge in [0.05, 0.1) is 12.4 Å². The predicted octanol–water partition coefficient (Wildman–Crippen LogP) is 3.46. The SMILES string of the molecule is CCOc1ccc(NS(=O)(=O)CCCc2ccccc2)cc1. The summed E-state index contributed by atoms with van der Waals surface area (Å²) >= 11 is 0. The lowest BCUT2D eigenvalue weighted by Gasteiger charge is -2.09. The van der Waals surface area contributed by atoms with E-state index in [0.717, 1.165) is 17.7 Å². The zero-order valence-electron chi connectivity index (χ0n) is 12.7. The van der Waals surface area contributed by atoms with Gasteiger partial charge in [-0.25, -0.2) is 8.42 Å². The summed E-state index contributed by atoms with van der Waals surface area (Å²) in [6.07, 6.45) is 1.35. The van der Waals surface area contributed by atoms with E-state index in [2.05, 4.69) is 4.72 Å². The van der Waals surface area contributed by atoms with Gasteiger partial charge in [-0.1, -0.05) is 30.3 Å². The van der Waals surface area contributed by atoms with Crippen LogP contribution >= 0.6 is 0 Å². The number of anilines is 1. The molecule has 2 aromatic rings. The van der Waals surface area contributed by atoms with Gasteiger partial charge in [-0.05, 0) is 49.6 Å². The van der Waals surface area contributed by atoms with Crippen LogP contribution in [0.4, 0.5) is 5.69 Å². The van der Waals surface area contributed by atoms with Crippen LogP contribution < -0.4 is 9.46 Å². The smallest absolute Gasteiger partial charge is 0.232 e. The van der Waals surface area contributed by atoms with Crippen LogP contribution in [0.25, 0.3) is 0 Å². The highest BCUT2D eigenvalue weighted by molar-refractivity contribution is 7.92. The molecule has 0 fully saturated rings. The lowest BCUT2D eigenvalue weighted by atomic mass is 10.1. The van der Waals surface area contributed by atoms with Crippen molar-refractivity contribution in [3.63, 3.8) is 0 Å². The number of aryl methyl sites for hydroxylation is 1. The van der Waals surface area contributed by atoms with Crippen molar-refractivity contribution < 1.29 is 13.2 Å². The molecule has 0 amide bonds. The molecule has 4 nitrogen and oxygen atoms in total. The van der Waals surface area contributed by atoms with Gasteiger partial charge < -0.3 is 4.74 Å². The largest absolute Gasteiger partial charge is 0.494 e. The van der Waals surface area contributed by atoms with Crippen LogP contribution in [0.2, 0.25) is 0 Å². The fourth-order valence-electron chi connectivity index (χ4n) is 2.13. The van der Waals surface area contributed by atoms with Crippen molar-refractivity contribution in [1.29, 1.82) is 0 Å². The van der Waals surface area contributed by atoms with Gasteiger partial charge in [-0.2, -0.15) is 0 Å². The molecule has 0 atom stereocenters. The third-order valence-electron chi connectivity index (χ3n) is 3.16. The average Bonchev–Trinajstić information content (AvgIpc) is 2.50. The predicted molar refractivity (Wildman–Crippen MR) is 89.8 cm³/mol. The molecular formula is C17H21NO3S. The van der Waals surface area contributed by atoms with Gasteiger partial charge >= 0.3 is 0 Å². The molecule has 2 aromatic carbocycles. The fourth-order valence-corrected chi connectivity index (χ4v) is 3.25. The van der Waals surface area contributed by atoms with Crippen LogP contribution in [-0.4, -0.2) is 20.8 Å². The van der Waals surface area contributed by atoms with E-state index in [1.54, 1.807) is 24.3 Å². The topological polar surface area (TPSA) is 55.4 Å². The molecule has 0 aromatic heterocycles. The molecule has 0 saturated carbocycles. The molecule has 0 radical (unpaired) electrons. The molecule has 5 heteroatoms. The number of ether oxygens (including phenoxy) is 1. The van der Waals surface area contributed by atoms with Crippen LogP contribution in [0.3, 0.4) is 0 Å². The second-order valence-electron chi connectivity index (χ2n) is 4.97. The molecule has 118 valence electrons. The van der Waals surface area contributed by atoms with Gasteiger partial charge in [0.1, 0.15) is 5.75 Å². The van der Waals surface area contributed by atoms with Gasteiger partial charge in [0.25, 0.3) is 0 Å². The maximum Gasteiger partial charge on any atom is 0.232 e. The Morgan fingerprint density at radius 3 is 2.32 bits per heavy atom. The molecule has 22 heavy (non-hydrogen) atoms. The first kappa shape index (κ1) is 16.4. The minimum atomic E-state index is -3.32. The molecule has 0 aliphatic heterocycles. The molecular weight excluding hydrogens is 298 g/mol. The number of hydrogen-bond donors (Lipinski definition) is 1. The van der Waals surface area contributed by atoms with Crippen molar-refractivity contribution in [2.24, 2.45) is 0 Å². The number of rotatable bonds is 8. The van der Waals surface area contributed by atoms with E-state index in [-0.39, 0.29) is 5.75 Å². The fraction of sp³-hybridized carbons (Fsp3) is 0.294. The zero-order valence-corrected chi connectivity index (χ0v) is 13.5. The highest BCUT2D eigenvalue weighted by Gasteiger charge is 2.10. The molecule has 0 aliphatic carbocycles. The normalized spacial score (nSPS) is 11.1. The molecule has 0 saturated heterocycles. The molecule has 0 aliphatic rings. The Labute approximate surface area is 132 Å². The summed E-state index contributed by atoms with van der Waals surface area (Å²) in [5.41, 5.74) is 1.71. The minimum absolute atomic E-state index is 0.106. The first-order chi connectivity index (χ1) is 10.6. The average molecular weight is 319 g/mol. The van der Waals surface area contributed by atoms with E-state index in [4.69, 9.17) is 4.74 Å². The van der Waals surface area contributed by atoms with Crippen molar-refractivity contribution in [3.8, 4) is 5.75 Å². The molecule has 2 rings (SSSR count). The maximum absolute atomic E-state index is 12.1. The van der Waals surface area contributed by atoms with Crippen molar-refractivity contribution in [1.82, 2.24) is 0 Å². The molecule has 0 unspecified atom stereocenters. The standard InChI is InChI=1S/C17H21NO3S/c1-2-21-17-12-10-16(11-13-17)18-22(19,20)14-6-9-15-7-4-3-5-8-15/h3-5,7-8,10-13,18H,2,6,9,14H2,1H3. The summed E-state index contributed by atoms with van der Waals surface area (Å²) < 4.78 is 32.0. The Balaban J connectivity index is 1.85. The van der Waals surface area contributed by atoms with Gasteiger partial charge in [0, 0.05) is 5.69 Å². The monoisotopic (exact) mass is 319 g/mol. The van der Waals surface area contributed by atoms with Gasteiger partial charge in [-0.3, -0.25) is 4.72 Å². The Hall–Kier alpha value is -2.01. The van der Waals surface area contributed by atoms with Gasteiger partial charge in [0.2, 0.25) is 10.0 Å². The van der Waals surface area contributed by atoms with Crippen LogP contribution in [-0.2, 0) is 16.4 Å². The Bertz CT molecular complexity index is 667. The van der Waals surface area contributed by atoms with Crippen LogP contribution in [0.1, 0.15) is 18.9 Å². The van der Waals surface area contributed by atoms with Crippen molar-refractivity contribution >= 4 is 15.7 Å². The summed E-state index contributed by atoms with van der Waals surface area (Å²) in [6.45, 7) is 2.49. The van der Waals surface area contributed by atoms with Crippen LogP contribution in [0.15, 0.2) is 54.6 Å². The zero-order chi connectivity index (χ0) is 15.8. The Morgan fingerprint density at radius 1 is 1.00 bits per heavy atom. The van der Waals surface area contributed by atoms with Gasteiger partial charge in [0.15, 0.2) is 0 Å². The second-order valence-corrected chi connectivity index (χ2v) is 6.81. The highest BCUT2D eigenvalue weighted by Crippen LogP contribution is 2.17. The summed E-state index contributed by atoms with van der Waals surface area (Å²) in [6, 6.07) is 16.8. The first-order valence-electron chi connectivity index (χ1n) is 7.36. The number of sulfonamides is 1. The van der Waals surface area contributed by atoms with Crippen LogP contribution in [0, 0.1) is 0 Å².